The van der Waals surface area contributed by atoms with Crippen LogP contribution in [0.5, 0.6) is 0 Å². The van der Waals surface area contributed by atoms with E-state index in [2.05, 4.69) is 4.98 Å². The Kier molecular flexibility index (Phi) is 3.82. The number of aromatic nitrogens is 1. The van der Waals surface area contributed by atoms with Crippen molar-refractivity contribution >= 4 is 0 Å². The van der Waals surface area contributed by atoms with Gasteiger partial charge in [0.25, 0.3) is 6.43 Å². The third-order valence-electron chi connectivity index (χ3n) is 2.08. The second kappa shape index (κ2) is 4.96. The van der Waals surface area contributed by atoms with E-state index >= 15 is 0 Å². The molecule has 1 aromatic rings. The smallest absolute Gasteiger partial charge is 0.253 e. The van der Waals surface area contributed by atoms with Crippen LogP contribution in [0.15, 0.2) is 6.20 Å². The van der Waals surface area contributed by atoms with Gasteiger partial charge in [0.1, 0.15) is 11.8 Å². The van der Waals surface area contributed by atoms with E-state index in [9.17, 15) is 22.0 Å². The van der Waals surface area contributed by atoms with Crippen molar-refractivity contribution in [3.8, 4) is 12.1 Å². The Morgan fingerprint density at radius 3 is 2.28 bits per heavy atom. The van der Waals surface area contributed by atoms with Crippen molar-refractivity contribution in [1.82, 2.24) is 4.98 Å². The fourth-order valence-electron chi connectivity index (χ4n) is 1.41. The van der Waals surface area contributed by atoms with Gasteiger partial charge in [0.2, 0.25) is 0 Å². The van der Waals surface area contributed by atoms with Gasteiger partial charge in [0, 0.05) is 6.20 Å². The maximum atomic E-state index is 12.7. The van der Waals surface area contributed by atoms with Crippen LogP contribution in [-0.4, -0.2) is 4.98 Å². The van der Waals surface area contributed by atoms with Crippen molar-refractivity contribution < 1.29 is 22.0 Å². The van der Waals surface area contributed by atoms with Crippen molar-refractivity contribution in [1.29, 1.82) is 10.5 Å². The predicted octanol–water partition coefficient (Wildman–Crippen LogP) is 2.98. The van der Waals surface area contributed by atoms with Crippen molar-refractivity contribution in [3.05, 3.63) is 28.6 Å². The highest BCUT2D eigenvalue weighted by molar-refractivity contribution is 5.46. The zero-order chi connectivity index (χ0) is 13.9. The molecule has 0 aliphatic carbocycles. The quantitative estimate of drug-likeness (QED) is 0.769. The standard InChI is InChI=1S/C10H4F5N3/c11-9(12)8-7(10(13,14)15)6(1-2-16)5(3-17)4-18-8/h4,9H,1H2. The Bertz CT molecular complexity index is 536. The molecule has 0 aromatic carbocycles. The number of nitrogens with zero attached hydrogens (tertiary/aromatic N) is 3. The first-order chi connectivity index (χ1) is 8.32. The summed E-state index contributed by atoms with van der Waals surface area (Å²) in [6.45, 7) is 0. The van der Waals surface area contributed by atoms with Crippen LogP contribution in [0.2, 0.25) is 0 Å². The van der Waals surface area contributed by atoms with E-state index in [1.807, 2.05) is 0 Å². The summed E-state index contributed by atoms with van der Waals surface area (Å²) in [5.74, 6) is 0. The Balaban J connectivity index is 3.68. The molecule has 1 heterocycles. The average molecular weight is 261 g/mol. The number of nitriles is 2. The van der Waals surface area contributed by atoms with E-state index in [1.165, 1.54) is 12.1 Å². The highest BCUT2D eigenvalue weighted by Crippen LogP contribution is 2.38. The first-order valence-corrected chi connectivity index (χ1v) is 4.47. The molecule has 0 atom stereocenters. The van der Waals surface area contributed by atoms with Crippen molar-refractivity contribution in [2.24, 2.45) is 0 Å². The zero-order valence-corrected chi connectivity index (χ0v) is 8.59. The van der Waals surface area contributed by atoms with Gasteiger partial charge in [0.05, 0.1) is 23.6 Å². The van der Waals surface area contributed by atoms with Gasteiger partial charge in [-0.1, -0.05) is 0 Å². The largest absolute Gasteiger partial charge is 0.418 e. The van der Waals surface area contributed by atoms with Gasteiger partial charge in [-0.25, -0.2) is 8.78 Å². The number of rotatable bonds is 2. The highest BCUT2D eigenvalue weighted by atomic mass is 19.4. The summed E-state index contributed by atoms with van der Waals surface area (Å²) >= 11 is 0. The van der Waals surface area contributed by atoms with Gasteiger partial charge in [-0.15, -0.1) is 0 Å². The number of hydrogen-bond acceptors (Lipinski definition) is 3. The summed E-state index contributed by atoms with van der Waals surface area (Å²) in [4.78, 5) is 2.96. The molecule has 0 spiro atoms. The molecular weight excluding hydrogens is 257 g/mol. The molecule has 0 aliphatic heterocycles. The van der Waals surface area contributed by atoms with Crippen LogP contribution in [0.1, 0.15) is 28.8 Å². The summed E-state index contributed by atoms with van der Waals surface area (Å²) in [7, 11) is 0. The molecule has 0 radical (unpaired) electrons. The third-order valence-corrected chi connectivity index (χ3v) is 2.08. The molecule has 1 rings (SSSR count). The molecule has 0 unspecified atom stereocenters. The molecule has 0 saturated carbocycles. The molecule has 1 aromatic heterocycles. The van der Waals surface area contributed by atoms with E-state index in [-0.39, 0.29) is 0 Å². The molecule has 18 heavy (non-hydrogen) atoms. The minimum absolute atomic E-state index is 0.534. The van der Waals surface area contributed by atoms with Gasteiger partial charge < -0.3 is 0 Å². The normalized spacial score (nSPS) is 11.1. The van der Waals surface area contributed by atoms with Gasteiger partial charge in [-0.05, 0) is 5.56 Å². The molecular formula is C10H4F5N3. The van der Waals surface area contributed by atoms with Crippen molar-refractivity contribution in [2.45, 2.75) is 19.0 Å². The zero-order valence-electron chi connectivity index (χ0n) is 8.59. The molecule has 0 amide bonds. The summed E-state index contributed by atoms with van der Waals surface area (Å²) in [6, 6.07) is 2.81. The summed E-state index contributed by atoms with van der Waals surface area (Å²) < 4.78 is 63.1. The van der Waals surface area contributed by atoms with E-state index < -0.39 is 41.4 Å². The Morgan fingerprint density at radius 1 is 1.28 bits per heavy atom. The molecule has 94 valence electrons. The first-order valence-electron chi connectivity index (χ1n) is 4.47. The molecule has 0 saturated heterocycles. The minimum atomic E-state index is -5.10. The van der Waals surface area contributed by atoms with Crippen LogP contribution in [0.3, 0.4) is 0 Å². The van der Waals surface area contributed by atoms with Crippen LogP contribution in [0.4, 0.5) is 22.0 Å². The maximum Gasteiger partial charge on any atom is 0.418 e. The van der Waals surface area contributed by atoms with Crippen molar-refractivity contribution in [3.63, 3.8) is 0 Å². The molecule has 3 nitrogen and oxygen atoms in total. The van der Waals surface area contributed by atoms with E-state index in [0.717, 1.165) is 0 Å². The second-order valence-corrected chi connectivity index (χ2v) is 3.16. The molecule has 8 heteroatoms. The fraction of sp³-hybridized carbons (Fsp3) is 0.300. The van der Waals surface area contributed by atoms with E-state index in [1.54, 1.807) is 0 Å². The predicted molar refractivity (Wildman–Crippen MR) is 48.2 cm³/mol. The lowest BCUT2D eigenvalue weighted by Crippen LogP contribution is -2.16. The molecule has 0 aliphatic rings. The second-order valence-electron chi connectivity index (χ2n) is 3.16. The number of alkyl halides is 5. The van der Waals surface area contributed by atoms with Gasteiger partial charge in [-0.2, -0.15) is 23.7 Å². The Labute approximate surface area is 98.1 Å². The Morgan fingerprint density at radius 2 is 1.89 bits per heavy atom. The fourth-order valence-corrected chi connectivity index (χ4v) is 1.41. The lowest BCUT2D eigenvalue weighted by Gasteiger charge is -2.15. The van der Waals surface area contributed by atoms with Gasteiger partial charge in [0.15, 0.2) is 0 Å². The Hall–Kier alpha value is -2.22. The van der Waals surface area contributed by atoms with Gasteiger partial charge in [-0.3, -0.25) is 4.98 Å². The third kappa shape index (κ3) is 2.54. The number of halogens is 5. The van der Waals surface area contributed by atoms with Gasteiger partial charge >= 0.3 is 6.18 Å². The SMILES string of the molecule is N#CCc1c(C#N)cnc(C(F)F)c1C(F)(F)F. The maximum absolute atomic E-state index is 12.7. The van der Waals surface area contributed by atoms with Crippen LogP contribution in [-0.2, 0) is 12.6 Å². The summed E-state index contributed by atoms with van der Waals surface area (Å²) in [5.41, 5.74) is -4.46. The first kappa shape index (κ1) is 13.8. The van der Waals surface area contributed by atoms with Crippen LogP contribution in [0, 0.1) is 22.7 Å². The van der Waals surface area contributed by atoms with Crippen LogP contribution < -0.4 is 0 Å². The molecule has 0 bridgehead atoms. The average Bonchev–Trinajstić information content (AvgIpc) is 2.27. The molecule has 0 fully saturated rings. The van der Waals surface area contributed by atoms with Crippen molar-refractivity contribution in [2.75, 3.05) is 0 Å². The van der Waals surface area contributed by atoms with E-state index in [4.69, 9.17) is 10.5 Å². The van der Waals surface area contributed by atoms with Crippen LogP contribution >= 0.6 is 0 Å². The topological polar surface area (TPSA) is 60.5 Å². The number of pyridine rings is 1. The highest BCUT2D eigenvalue weighted by Gasteiger charge is 2.40. The molecule has 0 N–H and O–H groups in total. The lowest BCUT2D eigenvalue weighted by atomic mass is 9.99. The lowest BCUT2D eigenvalue weighted by molar-refractivity contribution is -0.140. The summed E-state index contributed by atoms with van der Waals surface area (Å²) in [5, 5.41) is 17.0. The minimum Gasteiger partial charge on any atom is -0.253 e. The van der Waals surface area contributed by atoms with Crippen LogP contribution in [0.25, 0.3) is 0 Å². The summed E-state index contributed by atoms with van der Waals surface area (Å²) in [6.07, 6.45) is -8.71. The monoisotopic (exact) mass is 261 g/mol. The number of hydrogen-bond donors (Lipinski definition) is 0. The van der Waals surface area contributed by atoms with E-state index in [0.29, 0.717) is 6.20 Å².